The SMILES string of the molecule is CN(C)c1ccc(-c2nnc(SC[C@H]3CCCO3)n2C)cc1. The molecule has 1 saturated heterocycles. The first-order chi connectivity index (χ1) is 10.6. The first-order valence-electron chi connectivity index (χ1n) is 7.56. The maximum atomic E-state index is 5.66. The summed E-state index contributed by atoms with van der Waals surface area (Å²) in [6.07, 6.45) is 2.70. The third kappa shape index (κ3) is 3.28. The lowest BCUT2D eigenvalue weighted by atomic mass is 10.2. The number of ether oxygens (including phenoxy) is 1. The van der Waals surface area contributed by atoms with Gasteiger partial charge in [-0.1, -0.05) is 11.8 Å². The summed E-state index contributed by atoms with van der Waals surface area (Å²) in [4.78, 5) is 2.09. The summed E-state index contributed by atoms with van der Waals surface area (Å²) < 4.78 is 7.72. The van der Waals surface area contributed by atoms with Crippen molar-refractivity contribution in [2.45, 2.75) is 24.1 Å². The topological polar surface area (TPSA) is 43.2 Å². The predicted molar refractivity (Wildman–Crippen MR) is 90.5 cm³/mol. The van der Waals surface area contributed by atoms with E-state index in [1.165, 1.54) is 12.1 Å². The molecule has 5 nitrogen and oxygen atoms in total. The second-order valence-corrected chi connectivity index (χ2v) is 6.74. The Morgan fingerprint density at radius 1 is 1.27 bits per heavy atom. The summed E-state index contributed by atoms with van der Waals surface area (Å²) in [6, 6.07) is 8.38. The standard InChI is InChI=1S/C16H22N4OS/c1-19(2)13-8-6-12(7-9-13)15-17-18-16(20(15)3)22-11-14-5-4-10-21-14/h6-9,14H,4-5,10-11H2,1-3H3/t14-/m1/s1. The highest BCUT2D eigenvalue weighted by Crippen LogP contribution is 2.26. The van der Waals surface area contributed by atoms with E-state index in [2.05, 4.69) is 43.9 Å². The molecule has 0 spiro atoms. The number of thioether (sulfide) groups is 1. The molecule has 0 radical (unpaired) electrons. The maximum Gasteiger partial charge on any atom is 0.191 e. The van der Waals surface area contributed by atoms with Gasteiger partial charge in [-0.15, -0.1) is 10.2 Å². The Kier molecular flexibility index (Phi) is 4.69. The Morgan fingerprint density at radius 3 is 2.68 bits per heavy atom. The minimum absolute atomic E-state index is 0.365. The van der Waals surface area contributed by atoms with Crippen LogP contribution in [0.2, 0.25) is 0 Å². The second kappa shape index (κ2) is 6.71. The predicted octanol–water partition coefficient (Wildman–Crippen LogP) is 2.82. The zero-order valence-electron chi connectivity index (χ0n) is 13.3. The van der Waals surface area contributed by atoms with Gasteiger partial charge in [-0.05, 0) is 37.1 Å². The van der Waals surface area contributed by atoms with Crippen molar-refractivity contribution in [3.05, 3.63) is 24.3 Å². The monoisotopic (exact) mass is 318 g/mol. The molecule has 6 heteroatoms. The van der Waals surface area contributed by atoms with Crippen molar-refractivity contribution >= 4 is 17.4 Å². The van der Waals surface area contributed by atoms with Crippen molar-refractivity contribution in [1.29, 1.82) is 0 Å². The zero-order chi connectivity index (χ0) is 15.5. The molecule has 1 aromatic heterocycles. The number of aromatic nitrogens is 3. The molecular formula is C16H22N4OS. The third-order valence-corrected chi connectivity index (χ3v) is 5.05. The van der Waals surface area contributed by atoms with Crippen molar-refractivity contribution in [1.82, 2.24) is 14.8 Å². The number of anilines is 1. The molecule has 2 heterocycles. The van der Waals surface area contributed by atoms with Gasteiger partial charge in [-0.3, -0.25) is 0 Å². The summed E-state index contributed by atoms with van der Waals surface area (Å²) in [5.74, 6) is 1.85. The van der Waals surface area contributed by atoms with E-state index >= 15 is 0 Å². The van der Waals surface area contributed by atoms with Crippen LogP contribution in [-0.4, -0.2) is 47.3 Å². The van der Waals surface area contributed by atoms with Crippen LogP contribution in [0.15, 0.2) is 29.4 Å². The molecule has 1 atom stereocenters. The Balaban J connectivity index is 1.71. The van der Waals surface area contributed by atoms with Crippen LogP contribution < -0.4 is 4.90 Å². The van der Waals surface area contributed by atoms with E-state index in [1.807, 2.05) is 21.1 Å². The van der Waals surface area contributed by atoms with Crippen LogP contribution in [0, 0.1) is 0 Å². The molecule has 118 valence electrons. The third-order valence-electron chi connectivity index (χ3n) is 3.90. The molecule has 22 heavy (non-hydrogen) atoms. The van der Waals surface area contributed by atoms with Gasteiger partial charge >= 0.3 is 0 Å². The van der Waals surface area contributed by atoms with Crippen molar-refractivity contribution < 1.29 is 4.74 Å². The molecule has 0 amide bonds. The molecule has 1 fully saturated rings. The number of benzene rings is 1. The maximum absolute atomic E-state index is 5.66. The van der Waals surface area contributed by atoms with Gasteiger partial charge in [0.05, 0.1) is 6.10 Å². The summed E-state index contributed by atoms with van der Waals surface area (Å²) in [7, 11) is 6.10. The van der Waals surface area contributed by atoms with Crippen LogP contribution in [0.1, 0.15) is 12.8 Å². The lowest BCUT2D eigenvalue weighted by Gasteiger charge is -2.12. The molecule has 0 N–H and O–H groups in total. The van der Waals surface area contributed by atoms with E-state index in [1.54, 1.807) is 11.8 Å². The summed E-state index contributed by atoms with van der Waals surface area (Å²) >= 11 is 1.72. The molecule has 1 aliphatic rings. The first-order valence-corrected chi connectivity index (χ1v) is 8.55. The van der Waals surface area contributed by atoms with E-state index in [9.17, 15) is 0 Å². The molecular weight excluding hydrogens is 296 g/mol. The van der Waals surface area contributed by atoms with E-state index < -0.39 is 0 Å². The molecule has 1 aliphatic heterocycles. The van der Waals surface area contributed by atoms with Crippen molar-refractivity contribution in [3.8, 4) is 11.4 Å². The van der Waals surface area contributed by atoms with Gasteiger partial charge in [0.15, 0.2) is 11.0 Å². The minimum atomic E-state index is 0.365. The van der Waals surface area contributed by atoms with Gasteiger partial charge in [0.1, 0.15) is 0 Å². The largest absolute Gasteiger partial charge is 0.378 e. The van der Waals surface area contributed by atoms with Crippen LogP contribution in [0.3, 0.4) is 0 Å². The fraction of sp³-hybridized carbons (Fsp3) is 0.500. The van der Waals surface area contributed by atoms with Crippen molar-refractivity contribution in [2.75, 3.05) is 31.4 Å². The van der Waals surface area contributed by atoms with Gasteiger partial charge in [0.25, 0.3) is 0 Å². The number of hydrogen-bond donors (Lipinski definition) is 0. The van der Waals surface area contributed by atoms with E-state index in [0.29, 0.717) is 6.10 Å². The zero-order valence-corrected chi connectivity index (χ0v) is 14.1. The Bertz CT molecular complexity index is 618. The minimum Gasteiger partial charge on any atom is -0.378 e. The van der Waals surface area contributed by atoms with Crippen LogP contribution >= 0.6 is 11.8 Å². The van der Waals surface area contributed by atoms with Crippen molar-refractivity contribution in [2.24, 2.45) is 7.05 Å². The molecule has 0 saturated carbocycles. The van der Waals surface area contributed by atoms with Crippen LogP contribution in [0.4, 0.5) is 5.69 Å². The van der Waals surface area contributed by atoms with Gasteiger partial charge in [0.2, 0.25) is 0 Å². The fourth-order valence-corrected chi connectivity index (χ4v) is 3.52. The van der Waals surface area contributed by atoms with Crippen molar-refractivity contribution in [3.63, 3.8) is 0 Å². The van der Waals surface area contributed by atoms with Crippen LogP contribution in [-0.2, 0) is 11.8 Å². The summed E-state index contributed by atoms with van der Waals surface area (Å²) in [6.45, 7) is 0.896. The lowest BCUT2D eigenvalue weighted by Crippen LogP contribution is -2.09. The molecule has 2 aromatic rings. The van der Waals surface area contributed by atoms with E-state index in [-0.39, 0.29) is 0 Å². The normalized spacial score (nSPS) is 17.9. The Hall–Kier alpha value is -1.53. The van der Waals surface area contributed by atoms with Gasteiger partial charge in [-0.25, -0.2) is 0 Å². The lowest BCUT2D eigenvalue weighted by molar-refractivity contribution is 0.129. The first kappa shape index (κ1) is 15.4. The van der Waals surface area contributed by atoms with E-state index in [0.717, 1.165) is 35.3 Å². The number of rotatable bonds is 5. The Labute approximate surface area is 135 Å². The molecule has 0 unspecified atom stereocenters. The quantitative estimate of drug-likeness (QED) is 0.793. The van der Waals surface area contributed by atoms with E-state index in [4.69, 9.17) is 4.74 Å². The molecule has 0 aliphatic carbocycles. The highest BCUT2D eigenvalue weighted by Gasteiger charge is 2.18. The summed E-state index contributed by atoms with van der Waals surface area (Å²) in [5, 5.41) is 9.61. The number of nitrogens with zero attached hydrogens (tertiary/aromatic N) is 4. The van der Waals surface area contributed by atoms with Gasteiger partial charge in [0, 0.05) is 44.8 Å². The molecule has 0 bridgehead atoms. The molecule has 1 aromatic carbocycles. The Morgan fingerprint density at radius 2 is 2.05 bits per heavy atom. The second-order valence-electron chi connectivity index (χ2n) is 5.75. The van der Waals surface area contributed by atoms with Crippen LogP contribution in [0.25, 0.3) is 11.4 Å². The highest BCUT2D eigenvalue weighted by atomic mass is 32.2. The number of hydrogen-bond acceptors (Lipinski definition) is 5. The average Bonchev–Trinajstić information content (AvgIpc) is 3.15. The average molecular weight is 318 g/mol. The highest BCUT2D eigenvalue weighted by molar-refractivity contribution is 7.99. The van der Waals surface area contributed by atoms with Crippen LogP contribution in [0.5, 0.6) is 0 Å². The van der Waals surface area contributed by atoms with Gasteiger partial charge in [-0.2, -0.15) is 0 Å². The molecule has 3 rings (SSSR count). The fourth-order valence-electron chi connectivity index (χ4n) is 2.54. The summed E-state index contributed by atoms with van der Waals surface area (Å²) in [5.41, 5.74) is 2.27. The smallest absolute Gasteiger partial charge is 0.191 e. The van der Waals surface area contributed by atoms with Gasteiger partial charge < -0.3 is 14.2 Å².